The van der Waals surface area contributed by atoms with Crippen LogP contribution in [0.2, 0.25) is 0 Å². The van der Waals surface area contributed by atoms with Gasteiger partial charge < -0.3 is 21.7 Å². The van der Waals surface area contributed by atoms with E-state index < -0.39 is 0 Å². The SMILES string of the molecule is [Cu+2].[NH-]c1ccccc1[O-].[NH-]c1ccccc1[O-]. The molecule has 2 aromatic carbocycles. The molecule has 0 saturated heterocycles. The topological polar surface area (TPSA) is 93.7 Å². The molecule has 0 atom stereocenters. The Hall–Kier alpha value is -1.84. The monoisotopic (exact) mass is 277 g/mol. The first-order chi connectivity index (χ1) is 7.61. The first-order valence-corrected chi connectivity index (χ1v) is 4.56. The van der Waals surface area contributed by atoms with Crippen LogP contribution in [0.4, 0.5) is 11.4 Å². The van der Waals surface area contributed by atoms with E-state index in [1.807, 2.05) is 0 Å². The second-order valence-corrected chi connectivity index (χ2v) is 2.99. The molecule has 0 saturated carbocycles. The van der Waals surface area contributed by atoms with E-state index in [1.54, 1.807) is 24.3 Å². The van der Waals surface area contributed by atoms with Crippen LogP contribution in [-0.2, 0) is 17.1 Å². The van der Waals surface area contributed by atoms with E-state index in [0.29, 0.717) is 0 Å². The van der Waals surface area contributed by atoms with Gasteiger partial charge in [0.15, 0.2) is 0 Å². The van der Waals surface area contributed by atoms with Gasteiger partial charge in [0.1, 0.15) is 0 Å². The normalized spacial score (nSPS) is 8.47. The second kappa shape index (κ2) is 7.44. The smallest absolute Gasteiger partial charge is 0.873 e. The van der Waals surface area contributed by atoms with Gasteiger partial charge in [0.05, 0.1) is 0 Å². The van der Waals surface area contributed by atoms with Crippen molar-refractivity contribution >= 4 is 11.4 Å². The van der Waals surface area contributed by atoms with Gasteiger partial charge in [0.2, 0.25) is 0 Å². The van der Waals surface area contributed by atoms with E-state index in [2.05, 4.69) is 0 Å². The maximum atomic E-state index is 10.4. The molecule has 0 unspecified atom stereocenters. The Labute approximate surface area is 110 Å². The van der Waals surface area contributed by atoms with Crippen molar-refractivity contribution in [2.24, 2.45) is 0 Å². The number of benzene rings is 2. The van der Waals surface area contributed by atoms with Crippen LogP contribution in [0.15, 0.2) is 48.5 Å². The summed E-state index contributed by atoms with van der Waals surface area (Å²) in [5.74, 6) is -0.431. The van der Waals surface area contributed by atoms with E-state index >= 15 is 0 Å². The van der Waals surface area contributed by atoms with Crippen molar-refractivity contribution < 1.29 is 27.3 Å². The Morgan fingerprint density at radius 1 is 0.647 bits per heavy atom. The van der Waals surface area contributed by atoms with Crippen LogP contribution >= 0.6 is 0 Å². The first kappa shape index (κ1) is 15.2. The molecule has 0 aliphatic heterocycles. The van der Waals surface area contributed by atoms with Crippen LogP contribution in [0, 0.1) is 0 Å². The molecule has 2 N–H and O–H groups in total. The van der Waals surface area contributed by atoms with Crippen LogP contribution < -0.4 is 10.2 Å². The average Bonchev–Trinajstić information content (AvgIpc) is 2.28. The van der Waals surface area contributed by atoms with Crippen molar-refractivity contribution in [1.29, 1.82) is 0 Å². The molecule has 93 valence electrons. The molecular formula is C12H10CuN2O2-2. The summed E-state index contributed by atoms with van der Waals surface area (Å²) >= 11 is 0. The summed E-state index contributed by atoms with van der Waals surface area (Å²) in [7, 11) is 0. The van der Waals surface area contributed by atoms with E-state index in [-0.39, 0.29) is 39.9 Å². The summed E-state index contributed by atoms with van der Waals surface area (Å²) in [6, 6.07) is 12.3. The summed E-state index contributed by atoms with van der Waals surface area (Å²) in [5, 5.41) is 20.9. The Morgan fingerprint density at radius 3 is 1.12 bits per heavy atom. The third kappa shape index (κ3) is 5.15. The molecule has 17 heavy (non-hydrogen) atoms. The van der Waals surface area contributed by atoms with Crippen LogP contribution in [0.25, 0.3) is 11.5 Å². The molecule has 1 radical (unpaired) electrons. The molecule has 0 aliphatic carbocycles. The second-order valence-electron chi connectivity index (χ2n) is 2.99. The zero-order chi connectivity index (χ0) is 12.0. The summed E-state index contributed by atoms with van der Waals surface area (Å²) < 4.78 is 0. The minimum absolute atomic E-state index is 0. The van der Waals surface area contributed by atoms with Crippen molar-refractivity contribution in [3.05, 3.63) is 60.0 Å². The minimum Gasteiger partial charge on any atom is -0.873 e. The largest absolute Gasteiger partial charge is 2.00 e. The van der Waals surface area contributed by atoms with Crippen molar-refractivity contribution in [1.82, 2.24) is 0 Å². The molecule has 2 aromatic rings. The standard InChI is InChI=1S/2C6H6NO.Cu/c2*7-5-3-1-2-4-6(5)8;/h2*1-4,7-8H;/q2*-1;+2/p-2. The zero-order valence-corrected chi connectivity index (χ0v) is 9.68. The van der Waals surface area contributed by atoms with E-state index in [0.717, 1.165) is 0 Å². The maximum Gasteiger partial charge on any atom is 2.00 e. The number of hydrogen-bond donors (Lipinski definition) is 0. The van der Waals surface area contributed by atoms with Crippen molar-refractivity contribution in [2.75, 3.05) is 0 Å². The van der Waals surface area contributed by atoms with Gasteiger partial charge in [0, 0.05) is 0 Å². The van der Waals surface area contributed by atoms with Gasteiger partial charge in [-0.25, -0.2) is 0 Å². The number of para-hydroxylation sites is 2. The fraction of sp³-hybridized carbons (Fsp3) is 0. The van der Waals surface area contributed by atoms with Crippen LogP contribution in [0.1, 0.15) is 0 Å². The van der Waals surface area contributed by atoms with Crippen molar-refractivity contribution in [3.8, 4) is 11.5 Å². The van der Waals surface area contributed by atoms with Crippen LogP contribution in [-0.4, -0.2) is 0 Å². The van der Waals surface area contributed by atoms with Crippen LogP contribution in [0.5, 0.6) is 11.5 Å². The summed E-state index contributed by atoms with van der Waals surface area (Å²) in [6.45, 7) is 0. The third-order valence-corrected chi connectivity index (χ3v) is 1.77. The van der Waals surface area contributed by atoms with Crippen molar-refractivity contribution in [2.45, 2.75) is 0 Å². The molecule has 0 fully saturated rings. The number of rotatable bonds is 0. The summed E-state index contributed by atoms with van der Waals surface area (Å²) in [5.41, 5.74) is 13.9. The van der Waals surface area contributed by atoms with Gasteiger partial charge in [-0.15, -0.1) is 11.5 Å². The molecule has 4 nitrogen and oxygen atoms in total. The molecule has 0 heterocycles. The van der Waals surface area contributed by atoms with Gasteiger partial charge in [-0.1, -0.05) is 48.5 Å². The fourth-order valence-corrected chi connectivity index (χ4v) is 0.933. The maximum absolute atomic E-state index is 10.4. The first-order valence-electron chi connectivity index (χ1n) is 4.56. The number of nitrogens with one attached hydrogen (secondary N) is 2. The predicted octanol–water partition coefficient (Wildman–Crippen LogP) is 2.89. The Bertz CT molecular complexity index is 378. The van der Waals surface area contributed by atoms with E-state index in [1.165, 1.54) is 24.3 Å². The van der Waals surface area contributed by atoms with Gasteiger partial charge in [-0.3, -0.25) is 0 Å². The minimum atomic E-state index is -0.215. The quantitative estimate of drug-likeness (QED) is 0.692. The van der Waals surface area contributed by atoms with E-state index in [4.69, 9.17) is 11.5 Å². The average molecular weight is 278 g/mol. The molecule has 0 bridgehead atoms. The summed E-state index contributed by atoms with van der Waals surface area (Å²) in [6.07, 6.45) is 0. The molecule has 0 amide bonds. The molecule has 0 aliphatic rings. The van der Waals surface area contributed by atoms with Gasteiger partial charge in [-0.05, 0) is 0 Å². The molecular weight excluding hydrogens is 268 g/mol. The van der Waals surface area contributed by atoms with Gasteiger partial charge in [-0.2, -0.15) is 11.4 Å². The summed E-state index contributed by atoms with van der Waals surface area (Å²) in [4.78, 5) is 0. The van der Waals surface area contributed by atoms with Crippen LogP contribution in [0.3, 0.4) is 0 Å². The third-order valence-electron chi connectivity index (χ3n) is 1.77. The van der Waals surface area contributed by atoms with Gasteiger partial charge >= 0.3 is 17.1 Å². The molecule has 0 spiro atoms. The van der Waals surface area contributed by atoms with Gasteiger partial charge in [0.25, 0.3) is 0 Å². The fourth-order valence-electron chi connectivity index (χ4n) is 0.933. The van der Waals surface area contributed by atoms with E-state index in [9.17, 15) is 10.2 Å². The Morgan fingerprint density at radius 2 is 0.941 bits per heavy atom. The zero-order valence-electron chi connectivity index (χ0n) is 8.74. The van der Waals surface area contributed by atoms with Crippen molar-refractivity contribution in [3.63, 3.8) is 0 Å². The number of hydrogen-bond acceptors (Lipinski definition) is 2. The Kier molecular flexibility index (Phi) is 6.63. The molecule has 5 heteroatoms. The predicted molar refractivity (Wildman–Crippen MR) is 59.7 cm³/mol. The Balaban J connectivity index is 0.000000284. The molecule has 0 aromatic heterocycles. The molecule has 2 rings (SSSR count).